The van der Waals surface area contributed by atoms with Crippen LogP contribution in [0.5, 0.6) is 16.7 Å². The summed E-state index contributed by atoms with van der Waals surface area (Å²) in [5.74, 6) is -2.45. The highest BCUT2D eigenvalue weighted by Gasteiger charge is 2.36. The number of carboxylic acids is 1. The molecular weight excluding hydrogens is 313 g/mol. The monoisotopic (exact) mass is 320 g/mol. The van der Waals surface area contributed by atoms with Crippen LogP contribution in [0, 0.1) is 0 Å². The molecule has 112 valence electrons. The second-order valence-corrected chi connectivity index (χ2v) is 4.37. The first-order chi connectivity index (χ1) is 9.81. The first-order valence-corrected chi connectivity index (χ1v) is 6.08. The molecule has 1 aromatic heterocycles. The van der Waals surface area contributed by atoms with Gasteiger partial charge in [0.05, 0.1) is 12.7 Å². The maximum absolute atomic E-state index is 12.4. The molecular formula is C11H7F3N2O4S. The first kappa shape index (κ1) is 15.0. The van der Waals surface area contributed by atoms with E-state index < -0.39 is 18.0 Å². The van der Waals surface area contributed by atoms with Gasteiger partial charge in [0, 0.05) is 11.5 Å². The lowest BCUT2D eigenvalue weighted by Gasteiger charge is -2.08. The number of aromatic nitrogens is 2. The Hall–Kier alpha value is -2.36. The Morgan fingerprint density at radius 3 is 2.57 bits per heavy atom. The van der Waals surface area contributed by atoms with Gasteiger partial charge < -0.3 is 14.6 Å². The third kappa shape index (κ3) is 3.40. The Kier molecular flexibility index (Phi) is 3.98. The van der Waals surface area contributed by atoms with Crippen LogP contribution in [0.3, 0.4) is 0 Å². The number of rotatable bonds is 4. The molecule has 2 rings (SSSR count). The number of ether oxygens (including phenoxy) is 2. The van der Waals surface area contributed by atoms with Crippen LogP contribution in [0.2, 0.25) is 0 Å². The normalized spacial score (nSPS) is 11.2. The van der Waals surface area contributed by atoms with E-state index in [2.05, 4.69) is 9.36 Å². The van der Waals surface area contributed by atoms with Gasteiger partial charge in [-0.15, -0.1) is 0 Å². The van der Waals surface area contributed by atoms with Crippen LogP contribution in [0.4, 0.5) is 13.2 Å². The Morgan fingerprint density at radius 1 is 1.33 bits per heavy atom. The van der Waals surface area contributed by atoms with Crippen molar-refractivity contribution in [2.45, 2.75) is 6.18 Å². The zero-order valence-electron chi connectivity index (χ0n) is 10.3. The molecule has 1 N–H and O–H groups in total. The van der Waals surface area contributed by atoms with Gasteiger partial charge in [-0.05, 0) is 18.2 Å². The molecule has 0 atom stereocenters. The molecule has 1 aromatic carbocycles. The van der Waals surface area contributed by atoms with Crippen molar-refractivity contribution < 1.29 is 32.5 Å². The number of alkyl halides is 3. The smallest absolute Gasteiger partial charge is 0.452 e. The van der Waals surface area contributed by atoms with Gasteiger partial charge in [0.25, 0.3) is 11.0 Å². The number of aromatic carboxylic acids is 1. The number of hydrogen-bond donors (Lipinski definition) is 1. The van der Waals surface area contributed by atoms with E-state index >= 15 is 0 Å². The number of carbonyl (C=O) groups is 1. The van der Waals surface area contributed by atoms with Crippen LogP contribution in [0.1, 0.15) is 16.2 Å². The fourth-order valence-corrected chi connectivity index (χ4v) is 1.91. The van der Waals surface area contributed by atoms with Crippen molar-refractivity contribution in [3.63, 3.8) is 0 Å². The minimum Gasteiger partial charge on any atom is -0.493 e. The fourth-order valence-electron chi connectivity index (χ4n) is 1.35. The van der Waals surface area contributed by atoms with Crippen LogP contribution < -0.4 is 9.47 Å². The zero-order valence-corrected chi connectivity index (χ0v) is 11.2. The minimum atomic E-state index is -4.68. The summed E-state index contributed by atoms with van der Waals surface area (Å²) in [6.45, 7) is 0. The van der Waals surface area contributed by atoms with Gasteiger partial charge in [-0.2, -0.15) is 22.5 Å². The minimum absolute atomic E-state index is 0.0673. The highest BCUT2D eigenvalue weighted by Crippen LogP contribution is 2.35. The molecule has 0 saturated heterocycles. The Labute approximate surface area is 119 Å². The summed E-state index contributed by atoms with van der Waals surface area (Å²) in [6, 6.07) is 3.72. The molecule has 0 radical (unpaired) electrons. The summed E-state index contributed by atoms with van der Waals surface area (Å²) in [5.41, 5.74) is -0.105. The van der Waals surface area contributed by atoms with Gasteiger partial charge in [-0.3, -0.25) is 0 Å². The Balaban J connectivity index is 2.32. The lowest BCUT2D eigenvalue weighted by atomic mass is 10.2. The standard InChI is InChI=1S/C11H7F3N2O4S/c1-19-6-3-2-5(8(17)18)4-7(6)20-10-15-9(16-21-10)11(12,13)14/h2-4H,1H3,(H,17,18). The van der Waals surface area contributed by atoms with E-state index in [0.29, 0.717) is 11.5 Å². The topological polar surface area (TPSA) is 81.5 Å². The van der Waals surface area contributed by atoms with Gasteiger partial charge in [0.2, 0.25) is 0 Å². The van der Waals surface area contributed by atoms with Gasteiger partial charge in [-0.25, -0.2) is 4.79 Å². The van der Waals surface area contributed by atoms with Crippen molar-refractivity contribution in [3.05, 3.63) is 29.6 Å². The molecule has 0 unspecified atom stereocenters. The van der Waals surface area contributed by atoms with Gasteiger partial charge in [-0.1, -0.05) is 0 Å². The van der Waals surface area contributed by atoms with E-state index in [-0.39, 0.29) is 22.3 Å². The zero-order chi connectivity index (χ0) is 15.6. The summed E-state index contributed by atoms with van der Waals surface area (Å²) in [4.78, 5) is 14.1. The number of benzene rings is 1. The van der Waals surface area contributed by atoms with Crippen LogP contribution in [-0.2, 0) is 6.18 Å². The summed E-state index contributed by atoms with van der Waals surface area (Å²) < 4.78 is 50.3. The average Bonchev–Trinajstić information content (AvgIpc) is 2.87. The van der Waals surface area contributed by atoms with Crippen LogP contribution in [-0.4, -0.2) is 27.5 Å². The second kappa shape index (κ2) is 5.56. The van der Waals surface area contributed by atoms with Crippen molar-refractivity contribution in [3.8, 4) is 16.7 Å². The highest BCUT2D eigenvalue weighted by molar-refractivity contribution is 7.07. The summed E-state index contributed by atoms with van der Waals surface area (Å²) in [6.07, 6.45) is -4.68. The SMILES string of the molecule is COc1ccc(C(=O)O)cc1Oc1nc(C(F)(F)F)ns1. The van der Waals surface area contributed by atoms with E-state index in [1.165, 1.54) is 19.2 Å². The molecule has 0 saturated carbocycles. The molecule has 0 aliphatic heterocycles. The summed E-state index contributed by atoms with van der Waals surface area (Å²) in [5, 5.41) is 8.51. The molecule has 0 spiro atoms. The number of methoxy groups -OCH3 is 1. The Morgan fingerprint density at radius 2 is 2.05 bits per heavy atom. The second-order valence-electron chi connectivity index (χ2n) is 3.65. The molecule has 1 heterocycles. The Bertz CT molecular complexity index is 672. The highest BCUT2D eigenvalue weighted by atomic mass is 32.1. The van der Waals surface area contributed by atoms with E-state index in [4.69, 9.17) is 14.6 Å². The summed E-state index contributed by atoms with van der Waals surface area (Å²) >= 11 is 0.398. The molecule has 0 aliphatic rings. The number of halogens is 3. The maximum Gasteiger partial charge on any atom is 0.452 e. The van der Waals surface area contributed by atoms with Crippen LogP contribution in [0.15, 0.2) is 18.2 Å². The molecule has 2 aromatic rings. The molecule has 0 amide bonds. The molecule has 0 bridgehead atoms. The van der Waals surface area contributed by atoms with E-state index in [1.807, 2.05) is 0 Å². The molecule has 6 nitrogen and oxygen atoms in total. The number of carboxylic acid groups (broad SMARTS) is 1. The van der Waals surface area contributed by atoms with Crippen molar-refractivity contribution in [2.24, 2.45) is 0 Å². The molecule has 21 heavy (non-hydrogen) atoms. The first-order valence-electron chi connectivity index (χ1n) is 5.31. The van der Waals surface area contributed by atoms with E-state index in [9.17, 15) is 18.0 Å². The summed E-state index contributed by atoms with van der Waals surface area (Å²) in [7, 11) is 1.31. The fraction of sp³-hybridized carbons (Fsp3) is 0.182. The number of hydrogen-bond acceptors (Lipinski definition) is 6. The van der Waals surface area contributed by atoms with Crippen LogP contribution in [0.25, 0.3) is 0 Å². The van der Waals surface area contributed by atoms with Gasteiger partial charge >= 0.3 is 12.1 Å². The maximum atomic E-state index is 12.4. The van der Waals surface area contributed by atoms with Crippen molar-refractivity contribution in [1.29, 1.82) is 0 Å². The average molecular weight is 320 g/mol. The largest absolute Gasteiger partial charge is 0.493 e. The third-order valence-electron chi connectivity index (χ3n) is 2.27. The number of nitrogens with zero attached hydrogens (tertiary/aromatic N) is 2. The van der Waals surface area contributed by atoms with Crippen molar-refractivity contribution >= 4 is 17.5 Å². The van der Waals surface area contributed by atoms with E-state index in [1.54, 1.807) is 0 Å². The quantitative estimate of drug-likeness (QED) is 0.932. The molecule has 0 fully saturated rings. The van der Waals surface area contributed by atoms with Crippen LogP contribution >= 0.6 is 11.5 Å². The van der Waals surface area contributed by atoms with Crippen molar-refractivity contribution in [2.75, 3.05) is 7.11 Å². The predicted molar refractivity (Wildman–Crippen MR) is 64.9 cm³/mol. The third-order valence-corrected chi connectivity index (χ3v) is 2.86. The van der Waals surface area contributed by atoms with Crippen molar-refractivity contribution in [1.82, 2.24) is 9.36 Å². The van der Waals surface area contributed by atoms with Gasteiger partial charge in [0.15, 0.2) is 11.5 Å². The van der Waals surface area contributed by atoms with E-state index in [0.717, 1.165) is 6.07 Å². The van der Waals surface area contributed by atoms with Gasteiger partial charge in [0.1, 0.15) is 0 Å². The lowest BCUT2D eigenvalue weighted by Crippen LogP contribution is -2.07. The predicted octanol–water partition coefficient (Wildman–Crippen LogP) is 3.06. The molecule has 10 heteroatoms. The lowest BCUT2D eigenvalue weighted by molar-refractivity contribution is -0.144. The molecule has 0 aliphatic carbocycles.